The van der Waals surface area contributed by atoms with E-state index in [0.29, 0.717) is 6.54 Å². The van der Waals surface area contributed by atoms with Gasteiger partial charge in [0.25, 0.3) is 11.6 Å². The molecule has 0 aliphatic carbocycles. The van der Waals surface area contributed by atoms with Crippen LogP contribution in [0.2, 0.25) is 5.02 Å². The molecule has 0 unspecified atom stereocenters. The van der Waals surface area contributed by atoms with Crippen LogP contribution in [0.15, 0.2) is 12.1 Å². The number of unbranched alkanes of at least 4 members (excludes halogenated alkanes) is 2. The van der Waals surface area contributed by atoms with E-state index < -0.39 is 10.8 Å². The summed E-state index contributed by atoms with van der Waals surface area (Å²) < 4.78 is 0. The minimum atomic E-state index is -0.644. The van der Waals surface area contributed by atoms with Gasteiger partial charge in [0.05, 0.1) is 9.95 Å². The highest BCUT2D eigenvalue weighted by molar-refractivity contribution is 6.34. The second-order valence-electron chi connectivity index (χ2n) is 4.22. The van der Waals surface area contributed by atoms with Crippen molar-refractivity contribution in [3.05, 3.63) is 32.8 Å². The van der Waals surface area contributed by atoms with Crippen LogP contribution in [0, 0.1) is 10.1 Å². The van der Waals surface area contributed by atoms with Crippen molar-refractivity contribution in [2.24, 2.45) is 5.84 Å². The Bertz CT molecular complexity index is 508. The van der Waals surface area contributed by atoms with Gasteiger partial charge >= 0.3 is 0 Å². The first-order valence-electron chi connectivity index (χ1n) is 6.24. The molecule has 110 valence electrons. The first-order valence-corrected chi connectivity index (χ1v) is 6.61. The molecule has 0 heterocycles. The highest BCUT2D eigenvalue weighted by Gasteiger charge is 2.20. The number of anilines is 1. The summed E-state index contributed by atoms with van der Waals surface area (Å²) in [7, 11) is 0. The Morgan fingerprint density at radius 1 is 1.45 bits per heavy atom. The molecule has 1 aromatic rings. The molecule has 4 N–H and O–H groups in total. The van der Waals surface area contributed by atoms with Crippen molar-refractivity contribution in [3.8, 4) is 0 Å². The lowest BCUT2D eigenvalue weighted by molar-refractivity contribution is -0.384. The second-order valence-corrected chi connectivity index (χ2v) is 4.62. The fourth-order valence-corrected chi connectivity index (χ4v) is 1.96. The molecule has 7 nitrogen and oxygen atoms in total. The van der Waals surface area contributed by atoms with E-state index in [-0.39, 0.29) is 22.0 Å². The lowest BCUT2D eigenvalue weighted by atomic mass is 10.1. The van der Waals surface area contributed by atoms with E-state index in [9.17, 15) is 14.9 Å². The number of nitro groups is 1. The van der Waals surface area contributed by atoms with Gasteiger partial charge in [0.15, 0.2) is 0 Å². The number of benzene rings is 1. The third-order valence-corrected chi connectivity index (χ3v) is 3.04. The van der Waals surface area contributed by atoms with Gasteiger partial charge in [-0.2, -0.15) is 0 Å². The molecule has 0 spiro atoms. The van der Waals surface area contributed by atoms with Crippen molar-refractivity contribution >= 4 is 28.9 Å². The van der Waals surface area contributed by atoms with E-state index in [2.05, 4.69) is 17.7 Å². The van der Waals surface area contributed by atoms with Crippen LogP contribution in [0.4, 0.5) is 11.4 Å². The highest BCUT2D eigenvalue weighted by atomic mass is 35.5. The summed E-state index contributed by atoms with van der Waals surface area (Å²) >= 11 is 5.88. The molecule has 0 bridgehead atoms. The monoisotopic (exact) mass is 300 g/mol. The molecule has 0 aromatic heterocycles. The number of nitrogens with one attached hydrogen (secondary N) is 2. The number of nitrogens with zero attached hydrogens (tertiary/aromatic N) is 1. The zero-order valence-electron chi connectivity index (χ0n) is 11.1. The molecule has 0 radical (unpaired) electrons. The summed E-state index contributed by atoms with van der Waals surface area (Å²) in [4.78, 5) is 22.2. The Morgan fingerprint density at radius 2 is 2.15 bits per heavy atom. The van der Waals surface area contributed by atoms with Gasteiger partial charge in [0, 0.05) is 18.2 Å². The van der Waals surface area contributed by atoms with Gasteiger partial charge in [-0.3, -0.25) is 20.8 Å². The number of carbonyl (C=O) groups excluding carboxylic acids is 1. The average Bonchev–Trinajstić information content (AvgIpc) is 2.42. The number of nitrogens with two attached hydrogens (primary N) is 1. The lowest BCUT2D eigenvalue weighted by Gasteiger charge is -2.08. The van der Waals surface area contributed by atoms with Crippen molar-refractivity contribution in [2.75, 3.05) is 12.0 Å². The molecule has 1 rings (SSSR count). The molecule has 1 amide bonds. The maximum atomic E-state index is 11.9. The summed E-state index contributed by atoms with van der Waals surface area (Å²) in [6, 6.07) is 2.50. The highest BCUT2D eigenvalue weighted by Crippen LogP contribution is 2.32. The van der Waals surface area contributed by atoms with Gasteiger partial charge < -0.3 is 10.7 Å². The van der Waals surface area contributed by atoms with Crippen LogP contribution in [0.25, 0.3) is 0 Å². The SMILES string of the molecule is CCCCCNC(=O)c1cc(Cl)c(NN)c([N+](=O)[O-])c1. The Labute approximate surface area is 121 Å². The molecule has 0 atom stereocenters. The van der Waals surface area contributed by atoms with Crippen LogP contribution < -0.4 is 16.6 Å². The van der Waals surface area contributed by atoms with Crippen molar-refractivity contribution in [1.82, 2.24) is 5.32 Å². The predicted molar refractivity (Wildman–Crippen MR) is 77.8 cm³/mol. The fourth-order valence-electron chi connectivity index (χ4n) is 1.69. The molecule has 1 aromatic carbocycles. The van der Waals surface area contributed by atoms with E-state index in [0.717, 1.165) is 25.3 Å². The third kappa shape index (κ3) is 4.07. The number of hydrazine groups is 1. The summed E-state index contributed by atoms with van der Waals surface area (Å²) in [5, 5.41) is 13.6. The summed E-state index contributed by atoms with van der Waals surface area (Å²) in [5.74, 6) is 4.80. The maximum Gasteiger partial charge on any atom is 0.295 e. The number of carbonyl (C=O) groups is 1. The lowest BCUT2D eigenvalue weighted by Crippen LogP contribution is -2.24. The van der Waals surface area contributed by atoms with Gasteiger partial charge in [-0.05, 0) is 12.5 Å². The number of nitro benzene ring substituents is 1. The minimum Gasteiger partial charge on any atom is -0.352 e. The molecule has 0 fully saturated rings. The Morgan fingerprint density at radius 3 is 2.70 bits per heavy atom. The normalized spacial score (nSPS) is 10.2. The molecule has 0 saturated heterocycles. The number of halogens is 1. The quantitative estimate of drug-likeness (QED) is 0.310. The molecule has 0 aliphatic rings. The van der Waals surface area contributed by atoms with Crippen molar-refractivity contribution in [2.45, 2.75) is 26.2 Å². The fraction of sp³-hybridized carbons (Fsp3) is 0.417. The molecule has 0 saturated carbocycles. The average molecular weight is 301 g/mol. The molecule has 0 aliphatic heterocycles. The van der Waals surface area contributed by atoms with Crippen molar-refractivity contribution in [3.63, 3.8) is 0 Å². The summed E-state index contributed by atoms with van der Waals surface area (Å²) in [6.07, 6.45) is 2.92. The molecular formula is C12H17ClN4O3. The number of amides is 1. The number of nitrogen functional groups attached to an aromatic ring is 1. The van der Waals surface area contributed by atoms with Gasteiger partial charge in [0.1, 0.15) is 5.69 Å². The zero-order valence-corrected chi connectivity index (χ0v) is 11.9. The van der Waals surface area contributed by atoms with E-state index >= 15 is 0 Å². The van der Waals surface area contributed by atoms with Crippen LogP contribution >= 0.6 is 11.6 Å². The summed E-state index contributed by atoms with van der Waals surface area (Å²) in [5.41, 5.74) is 1.95. The first kappa shape index (κ1) is 16.2. The van der Waals surface area contributed by atoms with Crippen LogP contribution in [-0.4, -0.2) is 17.4 Å². The number of hydrogen-bond donors (Lipinski definition) is 3. The number of hydrogen-bond acceptors (Lipinski definition) is 5. The van der Waals surface area contributed by atoms with Crippen LogP contribution in [0.1, 0.15) is 36.5 Å². The Balaban J connectivity index is 2.90. The molecule has 20 heavy (non-hydrogen) atoms. The third-order valence-electron chi connectivity index (χ3n) is 2.74. The standard InChI is InChI=1S/C12H17ClN4O3/c1-2-3-4-5-15-12(18)8-6-9(13)11(16-14)10(7-8)17(19)20/h6-7,16H,2-5,14H2,1H3,(H,15,18). The van der Waals surface area contributed by atoms with Crippen LogP contribution in [0.5, 0.6) is 0 Å². The molecule has 8 heteroatoms. The topological polar surface area (TPSA) is 110 Å². The number of rotatable bonds is 7. The Kier molecular flexibility index (Phi) is 6.20. The van der Waals surface area contributed by atoms with E-state index in [1.165, 1.54) is 6.07 Å². The van der Waals surface area contributed by atoms with Crippen molar-refractivity contribution in [1.29, 1.82) is 0 Å². The smallest absolute Gasteiger partial charge is 0.295 e. The van der Waals surface area contributed by atoms with Gasteiger partial charge in [-0.15, -0.1) is 0 Å². The minimum absolute atomic E-state index is 0.0146. The van der Waals surface area contributed by atoms with E-state index in [4.69, 9.17) is 17.4 Å². The van der Waals surface area contributed by atoms with E-state index in [1.54, 1.807) is 0 Å². The van der Waals surface area contributed by atoms with Gasteiger partial charge in [0.2, 0.25) is 0 Å². The van der Waals surface area contributed by atoms with Gasteiger partial charge in [-0.1, -0.05) is 31.4 Å². The van der Waals surface area contributed by atoms with E-state index in [1.807, 2.05) is 0 Å². The predicted octanol–water partition coefficient (Wildman–Crippen LogP) is 2.45. The van der Waals surface area contributed by atoms with Crippen LogP contribution in [-0.2, 0) is 0 Å². The zero-order chi connectivity index (χ0) is 15.1. The van der Waals surface area contributed by atoms with Crippen LogP contribution in [0.3, 0.4) is 0 Å². The largest absolute Gasteiger partial charge is 0.352 e. The van der Waals surface area contributed by atoms with Gasteiger partial charge in [-0.25, -0.2) is 0 Å². The first-order chi connectivity index (χ1) is 9.51. The Hall–Kier alpha value is -1.86. The summed E-state index contributed by atoms with van der Waals surface area (Å²) in [6.45, 7) is 2.58. The second kappa shape index (κ2) is 7.66. The van der Waals surface area contributed by atoms with Crippen molar-refractivity contribution < 1.29 is 9.72 Å². The molecular weight excluding hydrogens is 284 g/mol. The maximum absolute atomic E-state index is 11.9.